The minimum Gasteiger partial charge on any atom is -0.503 e. The molecule has 23 heavy (non-hydrogen) atoms. The van der Waals surface area contributed by atoms with Crippen LogP contribution in [0.5, 0.6) is 11.5 Å². The Morgan fingerprint density at radius 2 is 2.00 bits per heavy atom. The number of phenolic OH excluding ortho intramolecular Hbond substituents is 1. The fourth-order valence-electron chi connectivity index (χ4n) is 2.44. The van der Waals surface area contributed by atoms with E-state index >= 15 is 0 Å². The second kappa shape index (κ2) is 7.62. The first kappa shape index (κ1) is 17.5. The largest absolute Gasteiger partial charge is 0.503 e. The Bertz CT molecular complexity index is 695. The first-order chi connectivity index (χ1) is 11.0. The summed E-state index contributed by atoms with van der Waals surface area (Å²) in [5, 5.41) is 9.99. The normalized spacial score (nSPS) is 12.2. The summed E-state index contributed by atoms with van der Waals surface area (Å²) in [5.41, 5.74) is 6.67. The van der Waals surface area contributed by atoms with Crippen LogP contribution >= 0.6 is 11.6 Å². The third-order valence-electron chi connectivity index (χ3n) is 3.55. The van der Waals surface area contributed by atoms with E-state index in [1.165, 1.54) is 0 Å². The lowest BCUT2D eigenvalue weighted by atomic mass is 9.91. The Kier molecular flexibility index (Phi) is 5.80. The smallest absolute Gasteiger partial charge is 0.176 e. The van der Waals surface area contributed by atoms with Crippen molar-refractivity contribution >= 4 is 11.6 Å². The van der Waals surface area contributed by atoms with Crippen molar-refractivity contribution in [3.8, 4) is 11.5 Å². The van der Waals surface area contributed by atoms with Gasteiger partial charge in [-0.15, -0.1) is 0 Å². The van der Waals surface area contributed by atoms with Crippen molar-refractivity contribution in [2.45, 2.75) is 19.3 Å². The van der Waals surface area contributed by atoms with E-state index in [2.05, 4.69) is 0 Å². The van der Waals surface area contributed by atoms with E-state index in [9.17, 15) is 13.9 Å². The van der Waals surface area contributed by atoms with Crippen molar-refractivity contribution in [2.24, 2.45) is 5.73 Å². The molecule has 6 heteroatoms. The average Bonchev–Trinajstić information content (AvgIpc) is 2.52. The fourth-order valence-corrected chi connectivity index (χ4v) is 2.68. The van der Waals surface area contributed by atoms with E-state index < -0.39 is 17.6 Å². The minimum absolute atomic E-state index is 0.140. The van der Waals surface area contributed by atoms with Gasteiger partial charge in [0.1, 0.15) is 11.6 Å². The van der Waals surface area contributed by atoms with Gasteiger partial charge in [0.05, 0.1) is 11.6 Å². The number of halogens is 3. The van der Waals surface area contributed by atoms with Gasteiger partial charge in [-0.2, -0.15) is 0 Å². The van der Waals surface area contributed by atoms with Crippen LogP contribution in [0.3, 0.4) is 0 Å². The predicted molar refractivity (Wildman–Crippen MR) is 86.1 cm³/mol. The standard InChI is InChI=1S/C17H18ClF2NO2/c1-2-23-16-7-10(6-14(18)17(16)22)5-11(9-21)13-8-12(19)3-4-15(13)20/h3-4,6-8,11,22H,2,5,9,21H2,1H3. The quantitative estimate of drug-likeness (QED) is 0.834. The van der Waals surface area contributed by atoms with Gasteiger partial charge < -0.3 is 15.6 Å². The van der Waals surface area contributed by atoms with Crippen LogP contribution in [0, 0.1) is 11.6 Å². The number of ether oxygens (including phenoxy) is 1. The number of aromatic hydroxyl groups is 1. The molecule has 0 aliphatic heterocycles. The van der Waals surface area contributed by atoms with Gasteiger partial charge in [-0.3, -0.25) is 0 Å². The Hall–Kier alpha value is -1.85. The summed E-state index contributed by atoms with van der Waals surface area (Å²) >= 11 is 5.99. The van der Waals surface area contributed by atoms with Gasteiger partial charge in [-0.25, -0.2) is 8.78 Å². The van der Waals surface area contributed by atoms with Crippen molar-refractivity contribution in [1.82, 2.24) is 0 Å². The molecular weight excluding hydrogens is 324 g/mol. The molecule has 0 bridgehead atoms. The van der Waals surface area contributed by atoms with Gasteiger partial charge in [0.25, 0.3) is 0 Å². The molecule has 2 aromatic rings. The number of nitrogens with two attached hydrogens (primary N) is 1. The minimum atomic E-state index is -0.515. The van der Waals surface area contributed by atoms with Crippen LogP contribution in [0.4, 0.5) is 8.78 Å². The van der Waals surface area contributed by atoms with Gasteiger partial charge in [0.2, 0.25) is 0 Å². The zero-order chi connectivity index (χ0) is 17.0. The van der Waals surface area contributed by atoms with Crippen molar-refractivity contribution in [3.05, 3.63) is 58.1 Å². The molecule has 124 valence electrons. The summed E-state index contributed by atoms with van der Waals surface area (Å²) in [7, 11) is 0. The van der Waals surface area contributed by atoms with Crippen molar-refractivity contribution in [1.29, 1.82) is 0 Å². The second-order valence-corrected chi connectivity index (χ2v) is 5.57. The van der Waals surface area contributed by atoms with Crippen LogP contribution in [0.15, 0.2) is 30.3 Å². The van der Waals surface area contributed by atoms with Crippen molar-refractivity contribution < 1.29 is 18.6 Å². The Morgan fingerprint density at radius 1 is 1.26 bits per heavy atom. The van der Waals surface area contributed by atoms with Crippen LogP contribution in [0.1, 0.15) is 24.0 Å². The van der Waals surface area contributed by atoms with Crippen LogP contribution in [-0.2, 0) is 6.42 Å². The fraction of sp³-hybridized carbons (Fsp3) is 0.294. The summed E-state index contributed by atoms with van der Waals surface area (Å²) in [6.45, 7) is 2.29. The van der Waals surface area contributed by atoms with E-state index in [-0.39, 0.29) is 28.6 Å². The summed E-state index contributed by atoms with van der Waals surface area (Å²) in [4.78, 5) is 0. The van der Waals surface area contributed by atoms with Gasteiger partial charge in [-0.1, -0.05) is 11.6 Å². The maximum Gasteiger partial charge on any atom is 0.176 e. The Morgan fingerprint density at radius 3 is 2.65 bits per heavy atom. The van der Waals surface area contributed by atoms with Gasteiger partial charge in [-0.05, 0) is 61.3 Å². The highest BCUT2D eigenvalue weighted by Gasteiger charge is 2.18. The van der Waals surface area contributed by atoms with E-state index in [0.717, 1.165) is 23.8 Å². The molecular formula is C17H18ClF2NO2. The van der Waals surface area contributed by atoms with Crippen LogP contribution < -0.4 is 10.5 Å². The molecule has 0 saturated heterocycles. The van der Waals surface area contributed by atoms with E-state index in [1.807, 2.05) is 0 Å². The Balaban J connectivity index is 2.33. The van der Waals surface area contributed by atoms with Crippen molar-refractivity contribution in [3.63, 3.8) is 0 Å². The van der Waals surface area contributed by atoms with E-state index in [1.54, 1.807) is 19.1 Å². The lowest BCUT2D eigenvalue weighted by Gasteiger charge is -2.18. The topological polar surface area (TPSA) is 55.5 Å². The molecule has 0 fully saturated rings. The van der Waals surface area contributed by atoms with Crippen LogP contribution in [0.2, 0.25) is 5.02 Å². The Labute approximate surface area is 138 Å². The van der Waals surface area contributed by atoms with Gasteiger partial charge in [0.15, 0.2) is 11.5 Å². The molecule has 0 saturated carbocycles. The number of rotatable bonds is 6. The number of benzene rings is 2. The molecule has 0 aliphatic carbocycles. The second-order valence-electron chi connectivity index (χ2n) is 5.16. The third-order valence-corrected chi connectivity index (χ3v) is 3.84. The molecule has 0 aliphatic rings. The van der Waals surface area contributed by atoms with Crippen LogP contribution in [-0.4, -0.2) is 18.3 Å². The molecule has 2 rings (SSSR count). The molecule has 0 radical (unpaired) electrons. The molecule has 3 nitrogen and oxygen atoms in total. The summed E-state index contributed by atoms with van der Waals surface area (Å²) < 4.78 is 32.6. The van der Waals surface area contributed by atoms with E-state index in [0.29, 0.717) is 13.0 Å². The number of hydrogen-bond donors (Lipinski definition) is 2. The third kappa shape index (κ3) is 4.12. The molecule has 2 aromatic carbocycles. The highest BCUT2D eigenvalue weighted by molar-refractivity contribution is 6.32. The highest BCUT2D eigenvalue weighted by Crippen LogP contribution is 2.36. The number of phenols is 1. The SMILES string of the molecule is CCOc1cc(CC(CN)c2cc(F)ccc2F)cc(Cl)c1O. The molecule has 0 aromatic heterocycles. The average molecular weight is 342 g/mol. The molecule has 0 amide bonds. The predicted octanol–water partition coefficient (Wildman–Crippen LogP) is 4.01. The van der Waals surface area contributed by atoms with E-state index in [4.69, 9.17) is 22.1 Å². The highest BCUT2D eigenvalue weighted by atomic mass is 35.5. The molecule has 0 spiro atoms. The first-order valence-corrected chi connectivity index (χ1v) is 7.63. The maximum atomic E-state index is 13.9. The summed E-state index contributed by atoms with van der Waals surface area (Å²) in [6, 6.07) is 6.50. The molecule has 1 unspecified atom stereocenters. The van der Waals surface area contributed by atoms with Gasteiger partial charge >= 0.3 is 0 Å². The monoisotopic (exact) mass is 341 g/mol. The summed E-state index contributed by atoms with van der Waals surface area (Å²) in [5.74, 6) is -1.32. The zero-order valence-corrected chi connectivity index (χ0v) is 13.4. The van der Waals surface area contributed by atoms with Crippen LogP contribution in [0.25, 0.3) is 0 Å². The molecule has 1 atom stereocenters. The first-order valence-electron chi connectivity index (χ1n) is 7.25. The molecule has 0 heterocycles. The molecule has 3 N–H and O–H groups in total. The summed E-state index contributed by atoms with van der Waals surface area (Å²) in [6.07, 6.45) is 0.344. The number of hydrogen-bond acceptors (Lipinski definition) is 3. The van der Waals surface area contributed by atoms with Gasteiger partial charge in [0, 0.05) is 5.92 Å². The maximum absolute atomic E-state index is 13.9. The zero-order valence-electron chi connectivity index (χ0n) is 12.7. The lowest BCUT2D eigenvalue weighted by molar-refractivity contribution is 0.317. The lowest BCUT2D eigenvalue weighted by Crippen LogP contribution is -2.16. The van der Waals surface area contributed by atoms with Crippen molar-refractivity contribution in [2.75, 3.05) is 13.2 Å².